The van der Waals surface area contributed by atoms with E-state index in [1.165, 1.54) is 5.56 Å². The van der Waals surface area contributed by atoms with Crippen molar-refractivity contribution in [3.05, 3.63) is 35.9 Å². The maximum absolute atomic E-state index is 10.7. The summed E-state index contributed by atoms with van der Waals surface area (Å²) in [4.78, 5) is 0. The topological polar surface area (TPSA) is 61.8 Å². The SMILES string of the molecule is CS(=O)(=O)OCCOCCCCOCc1ccccc1. The van der Waals surface area contributed by atoms with Gasteiger partial charge in [-0.05, 0) is 18.4 Å². The molecule has 0 radical (unpaired) electrons. The molecule has 0 atom stereocenters. The van der Waals surface area contributed by atoms with Crippen LogP contribution in [0.3, 0.4) is 0 Å². The first kappa shape index (κ1) is 17.1. The average molecular weight is 302 g/mol. The molecule has 6 heteroatoms. The third kappa shape index (κ3) is 9.91. The molecule has 0 saturated carbocycles. The summed E-state index contributed by atoms with van der Waals surface area (Å²) in [5.41, 5.74) is 1.17. The van der Waals surface area contributed by atoms with E-state index in [-0.39, 0.29) is 13.2 Å². The number of rotatable bonds is 11. The van der Waals surface area contributed by atoms with E-state index in [0.29, 0.717) is 19.8 Å². The van der Waals surface area contributed by atoms with Crippen LogP contribution >= 0.6 is 0 Å². The third-order valence-electron chi connectivity index (χ3n) is 2.46. The molecule has 0 aromatic heterocycles. The fraction of sp³-hybridized carbons (Fsp3) is 0.571. The minimum absolute atomic E-state index is 0.0728. The molecule has 1 aromatic carbocycles. The van der Waals surface area contributed by atoms with Gasteiger partial charge in [-0.15, -0.1) is 0 Å². The zero-order chi connectivity index (χ0) is 14.7. The molecule has 20 heavy (non-hydrogen) atoms. The van der Waals surface area contributed by atoms with Gasteiger partial charge >= 0.3 is 0 Å². The van der Waals surface area contributed by atoms with Crippen molar-refractivity contribution in [2.24, 2.45) is 0 Å². The van der Waals surface area contributed by atoms with E-state index in [4.69, 9.17) is 9.47 Å². The molecule has 1 aromatic rings. The zero-order valence-electron chi connectivity index (χ0n) is 11.8. The quantitative estimate of drug-likeness (QED) is 0.462. The first-order chi connectivity index (χ1) is 9.58. The summed E-state index contributed by atoms with van der Waals surface area (Å²) >= 11 is 0. The fourth-order valence-electron chi connectivity index (χ4n) is 1.52. The minimum atomic E-state index is -3.36. The first-order valence-corrected chi connectivity index (χ1v) is 8.43. The standard InChI is InChI=1S/C14H22O5S/c1-20(15,16)19-12-11-17-9-5-6-10-18-13-14-7-3-2-4-8-14/h2-4,7-8H,5-6,9-13H2,1H3. The summed E-state index contributed by atoms with van der Waals surface area (Å²) in [7, 11) is -3.36. The van der Waals surface area contributed by atoms with Gasteiger partial charge < -0.3 is 9.47 Å². The van der Waals surface area contributed by atoms with Crippen LogP contribution in [0.1, 0.15) is 18.4 Å². The van der Waals surface area contributed by atoms with Crippen LogP contribution in [0.25, 0.3) is 0 Å². The van der Waals surface area contributed by atoms with Crippen LogP contribution in [0.2, 0.25) is 0 Å². The Bertz CT molecular complexity index is 444. The highest BCUT2D eigenvalue weighted by atomic mass is 32.2. The second-order valence-electron chi connectivity index (χ2n) is 4.38. The molecule has 0 heterocycles. The van der Waals surface area contributed by atoms with Gasteiger partial charge in [-0.1, -0.05) is 30.3 Å². The van der Waals surface area contributed by atoms with Gasteiger partial charge in [0.2, 0.25) is 0 Å². The van der Waals surface area contributed by atoms with Crippen LogP contribution in [0.15, 0.2) is 30.3 Å². The second kappa shape index (κ2) is 9.88. The Morgan fingerprint density at radius 3 is 2.20 bits per heavy atom. The van der Waals surface area contributed by atoms with Gasteiger partial charge in [-0.25, -0.2) is 0 Å². The minimum Gasteiger partial charge on any atom is -0.379 e. The molecule has 5 nitrogen and oxygen atoms in total. The molecule has 0 saturated heterocycles. The molecule has 0 fully saturated rings. The smallest absolute Gasteiger partial charge is 0.264 e. The van der Waals surface area contributed by atoms with E-state index < -0.39 is 10.1 Å². The van der Waals surface area contributed by atoms with Gasteiger partial charge in [0, 0.05) is 13.2 Å². The lowest BCUT2D eigenvalue weighted by molar-refractivity contribution is 0.0825. The second-order valence-corrected chi connectivity index (χ2v) is 6.03. The number of ether oxygens (including phenoxy) is 2. The number of hydrogen-bond donors (Lipinski definition) is 0. The molecule has 0 aliphatic heterocycles. The Morgan fingerprint density at radius 1 is 0.900 bits per heavy atom. The molecule has 0 aliphatic carbocycles. The number of benzene rings is 1. The fourth-order valence-corrected chi connectivity index (χ4v) is 1.89. The molecule has 0 amide bonds. The molecular weight excluding hydrogens is 280 g/mol. The van der Waals surface area contributed by atoms with Crippen LogP contribution in [0.5, 0.6) is 0 Å². The van der Waals surface area contributed by atoms with Crippen molar-refractivity contribution < 1.29 is 22.1 Å². The first-order valence-electron chi connectivity index (χ1n) is 6.62. The Kier molecular flexibility index (Phi) is 8.45. The van der Waals surface area contributed by atoms with E-state index in [1.807, 2.05) is 30.3 Å². The molecule has 0 N–H and O–H groups in total. The predicted octanol–water partition coefficient (Wildman–Crippen LogP) is 1.98. The largest absolute Gasteiger partial charge is 0.379 e. The highest BCUT2D eigenvalue weighted by Crippen LogP contribution is 2.01. The Morgan fingerprint density at radius 2 is 1.55 bits per heavy atom. The van der Waals surface area contributed by atoms with E-state index in [2.05, 4.69) is 4.18 Å². The average Bonchev–Trinajstić information content (AvgIpc) is 2.41. The zero-order valence-corrected chi connectivity index (χ0v) is 12.6. The van der Waals surface area contributed by atoms with Crippen LogP contribution in [-0.4, -0.2) is 41.1 Å². The van der Waals surface area contributed by atoms with Crippen LogP contribution < -0.4 is 0 Å². The maximum Gasteiger partial charge on any atom is 0.264 e. The van der Waals surface area contributed by atoms with Crippen molar-refractivity contribution in [2.75, 3.05) is 32.7 Å². The maximum atomic E-state index is 10.7. The highest BCUT2D eigenvalue weighted by Gasteiger charge is 2.00. The summed E-state index contributed by atoms with van der Waals surface area (Å²) < 4.78 is 36.6. The number of hydrogen-bond acceptors (Lipinski definition) is 5. The van der Waals surface area contributed by atoms with Crippen molar-refractivity contribution in [3.8, 4) is 0 Å². The lowest BCUT2D eigenvalue weighted by atomic mass is 10.2. The lowest BCUT2D eigenvalue weighted by Gasteiger charge is -2.05. The third-order valence-corrected chi connectivity index (χ3v) is 3.06. The van der Waals surface area contributed by atoms with Crippen molar-refractivity contribution in [2.45, 2.75) is 19.4 Å². The van der Waals surface area contributed by atoms with E-state index in [1.54, 1.807) is 0 Å². The van der Waals surface area contributed by atoms with Gasteiger partial charge in [-0.2, -0.15) is 8.42 Å². The summed E-state index contributed by atoms with van der Waals surface area (Å²) in [6.07, 6.45) is 2.82. The van der Waals surface area contributed by atoms with E-state index in [0.717, 1.165) is 19.1 Å². The molecular formula is C14H22O5S. The van der Waals surface area contributed by atoms with Crippen LogP contribution in [-0.2, 0) is 30.4 Å². The van der Waals surface area contributed by atoms with Gasteiger partial charge in [0.1, 0.15) is 0 Å². The van der Waals surface area contributed by atoms with Crippen LogP contribution in [0, 0.1) is 0 Å². The molecule has 0 unspecified atom stereocenters. The Hall–Kier alpha value is -0.950. The van der Waals surface area contributed by atoms with Crippen molar-refractivity contribution >= 4 is 10.1 Å². The van der Waals surface area contributed by atoms with Gasteiger partial charge in [0.05, 0.1) is 26.1 Å². The van der Waals surface area contributed by atoms with E-state index >= 15 is 0 Å². The normalized spacial score (nSPS) is 11.7. The molecule has 0 aliphatic rings. The Balaban J connectivity index is 1.86. The van der Waals surface area contributed by atoms with Gasteiger partial charge in [0.15, 0.2) is 0 Å². The van der Waals surface area contributed by atoms with Crippen molar-refractivity contribution in [3.63, 3.8) is 0 Å². The van der Waals surface area contributed by atoms with Crippen molar-refractivity contribution in [1.29, 1.82) is 0 Å². The van der Waals surface area contributed by atoms with Gasteiger partial charge in [0.25, 0.3) is 10.1 Å². The lowest BCUT2D eigenvalue weighted by Crippen LogP contribution is -2.10. The summed E-state index contributed by atoms with van der Waals surface area (Å²) in [6.45, 7) is 2.27. The van der Waals surface area contributed by atoms with Gasteiger partial charge in [-0.3, -0.25) is 4.18 Å². The summed E-state index contributed by atoms with van der Waals surface area (Å²) in [5.74, 6) is 0. The molecule has 1 rings (SSSR count). The predicted molar refractivity (Wildman–Crippen MR) is 76.9 cm³/mol. The highest BCUT2D eigenvalue weighted by molar-refractivity contribution is 7.85. The molecule has 0 spiro atoms. The van der Waals surface area contributed by atoms with Crippen LogP contribution in [0.4, 0.5) is 0 Å². The summed E-state index contributed by atoms with van der Waals surface area (Å²) in [6, 6.07) is 10.0. The molecule has 114 valence electrons. The van der Waals surface area contributed by atoms with Crippen molar-refractivity contribution in [1.82, 2.24) is 0 Å². The monoisotopic (exact) mass is 302 g/mol. The summed E-state index contributed by atoms with van der Waals surface area (Å²) in [5, 5.41) is 0. The number of unbranched alkanes of at least 4 members (excludes halogenated alkanes) is 1. The molecule has 0 bridgehead atoms. The van der Waals surface area contributed by atoms with E-state index in [9.17, 15) is 8.42 Å². The Labute approximate surface area is 121 Å².